The first-order valence-electron chi connectivity index (χ1n) is 7.50. The highest BCUT2D eigenvalue weighted by Crippen LogP contribution is 2.34. The molecule has 0 amide bonds. The molecule has 2 aliphatic heterocycles. The van der Waals surface area contributed by atoms with Gasteiger partial charge in [0, 0.05) is 24.2 Å². The molecule has 18 heavy (non-hydrogen) atoms. The van der Waals surface area contributed by atoms with Crippen LogP contribution in [0.1, 0.15) is 54.4 Å². The van der Waals surface area contributed by atoms with Gasteiger partial charge in [0.2, 0.25) is 0 Å². The van der Waals surface area contributed by atoms with E-state index in [-0.39, 0.29) is 11.3 Å². The molecule has 0 aromatic heterocycles. The van der Waals surface area contributed by atoms with Crippen LogP contribution in [0.3, 0.4) is 0 Å². The molecule has 2 aliphatic rings. The lowest BCUT2D eigenvalue weighted by Crippen LogP contribution is -2.92. The Labute approximate surface area is 112 Å². The summed E-state index contributed by atoms with van der Waals surface area (Å²) in [7, 11) is 0. The highest BCUT2D eigenvalue weighted by Gasteiger charge is 2.57. The van der Waals surface area contributed by atoms with Crippen LogP contribution in [0.2, 0.25) is 0 Å². The Balaban J connectivity index is 2.38. The number of hydrogen-bond acceptors (Lipinski definition) is 4. The lowest BCUT2D eigenvalue weighted by Gasteiger charge is -2.63. The zero-order valence-corrected chi connectivity index (χ0v) is 12.7. The van der Waals surface area contributed by atoms with E-state index in [4.69, 9.17) is 0 Å². The fraction of sp³-hybridized carbons (Fsp3) is 1.00. The molecule has 4 N–H and O–H groups in total. The van der Waals surface area contributed by atoms with Crippen molar-refractivity contribution >= 4 is 0 Å². The Morgan fingerprint density at radius 1 is 0.611 bits per heavy atom. The van der Waals surface area contributed by atoms with Crippen molar-refractivity contribution in [1.29, 1.82) is 0 Å². The van der Waals surface area contributed by atoms with Crippen LogP contribution in [0.4, 0.5) is 0 Å². The molecule has 0 aliphatic carbocycles. The minimum absolute atomic E-state index is 0.0559. The van der Waals surface area contributed by atoms with Crippen LogP contribution in [0.25, 0.3) is 0 Å². The SMILES string of the molecule is CCC12NC(C)C(C)NC1(CC)NC(C)C(C)N2. The standard InChI is InChI=1S/C14H30N4/c1-7-13-14(8-2,17-11(5)9(3)15-13)18-12(6)10(4)16-13/h9-12,15-18H,7-8H2,1-6H3. The summed E-state index contributed by atoms with van der Waals surface area (Å²) in [5, 5.41) is 15.4. The Kier molecular flexibility index (Phi) is 3.76. The second-order valence-corrected chi connectivity index (χ2v) is 6.25. The van der Waals surface area contributed by atoms with E-state index in [1.54, 1.807) is 0 Å². The topological polar surface area (TPSA) is 48.1 Å². The molecule has 106 valence electrons. The molecule has 0 aromatic carbocycles. The van der Waals surface area contributed by atoms with Crippen molar-refractivity contribution in [1.82, 2.24) is 21.3 Å². The second-order valence-electron chi connectivity index (χ2n) is 6.25. The Bertz CT molecular complexity index is 254. The van der Waals surface area contributed by atoms with Gasteiger partial charge in [-0.25, -0.2) is 0 Å². The molecule has 0 spiro atoms. The summed E-state index contributed by atoms with van der Waals surface area (Å²) in [6.07, 6.45) is 2.13. The van der Waals surface area contributed by atoms with E-state index in [2.05, 4.69) is 62.8 Å². The first-order valence-corrected chi connectivity index (χ1v) is 7.50. The number of rotatable bonds is 2. The van der Waals surface area contributed by atoms with Gasteiger partial charge in [0.05, 0.1) is 0 Å². The smallest absolute Gasteiger partial charge is 0.101 e. The third kappa shape index (κ3) is 1.90. The van der Waals surface area contributed by atoms with E-state index >= 15 is 0 Å². The number of hydrogen-bond donors (Lipinski definition) is 4. The molecule has 4 nitrogen and oxygen atoms in total. The highest BCUT2D eigenvalue weighted by molar-refractivity contribution is 5.17. The van der Waals surface area contributed by atoms with Crippen LogP contribution in [0, 0.1) is 0 Å². The molecular weight excluding hydrogens is 224 g/mol. The molecule has 4 unspecified atom stereocenters. The summed E-state index contributed by atoms with van der Waals surface area (Å²) in [6.45, 7) is 13.6. The molecule has 2 saturated heterocycles. The molecule has 0 saturated carbocycles. The van der Waals surface area contributed by atoms with E-state index in [1.165, 1.54) is 0 Å². The van der Waals surface area contributed by atoms with Crippen molar-refractivity contribution in [2.45, 2.75) is 89.9 Å². The lowest BCUT2D eigenvalue weighted by atomic mass is 9.78. The fourth-order valence-corrected chi connectivity index (χ4v) is 3.64. The average Bonchev–Trinajstić information content (AvgIpc) is 2.33. The van der Waals surface area contributed by atoms with Crippen LogP contribution in [-0.4, -0.2) is 35.5 Å². The van der Waals surface area contributed by atoms with Gasteiger partial charge in [-0.15, -0.1) is 0 Å². The largest absolute Gasteiger partial charge is 0.293 e. The normalized spacial score (nSPS) is 53.0. The van der Waals surface area contributed by atoms with Crippen LogP contribution in [-0.2, 0) is 0 Å². The van der Waals surface area contributed by atoms with Crippen LogP contribution >= 0.6 is 0 Å². The zero-order valence-electron chi connectivity index (χ0n) is 12.7. The van der Waals surface area contributed by atoms with Crippen molar-refractivity contribution in [2.24, 2.45) is 0 Å². The van der Waals surface area contributed by atoms with E-state index in [9.17, 15) is 0 Å². The third-order valence-electron chi connectivity index (χ3n) is 5.19. The van der Waals surface area contributed by atoms with Gasteiger partial charge >= 0.3 is 0 Å². The molecule has 0 aromatic rings. The van der Waals surface area contributed by atoms with Crippen LogP contribution in [0.5, 0.6) is 0 Å². The molecule has 2 rings (SSSR count). The van der Waals surface area contributed by atoms with Gasteiger partial charge in [0.25, 0.3) is 0 Å². The van der Waals surface area contributed by atoms with Gasteiger partial charge in [0.1, 0.15) is 11.3 Å². The van der Waals surface area contributed by atoms with E-state index < -0.39 is 0 Å². The first kappa shape index (κ1) is 14.3. The molecule has 2 fully saturated rings. The Morgan fingerprint density at radius 2 is 0.833 bits per heavy atom. The Morgan fingerprint density at radius 3 is 1.00 bits per heavy atom. The minimum Gasteiger partial charge on any atom is -0.293 e. The monoisotopic (exact) mass is 254 g/mol. The quantitative estimate of drug-likeness (QED) is 0.597. The maximum absolute atomic E-state index is 3.84. The molecule has 4 atom stereocenters. The number of nitrogens with one attached hydrogen (secondary N) is 4. The van der Waals surface area contributed by atoms with Crippen molar-refractivity contribution in [3.05, 3.63) is 0 Å². The van der Waals surface area contributed by atoms with Gasteiger partial charge in [0.15, 0.2) is 0 Å². The summed E-state index contributed by atoms with van der Waals surface area (Å²) in [4.78, 5) is 0. The van der Waals surface area contributed by atoms with Crippen LogP contribution in [0.15, 0.2) is 0 Å². The van der Waals surface area contributed by atoms with Gasteiger partial charge in [-0.3, -0.25) is 21.3 Å². The number of fused-ring (bicyclic) bond motifs is 1. The summed E-state index contributed by atoms with van der Waals surface area (Å²) >= 11 is 0. The summed E-state index contributed by atoms with van der Waals surface area (Å²) in [5.74, 6) is 0. The minimum atomic E-state index is -0.0559. The summed E-state index contributed by atoms with van der Waals surface area (Å²) in [5.41, 5.74) is -0.112. The Hall–Kier alpha value is -0.160. The van der Waals surface area contributed by atoms with Crippen molar-refractivity contribution in [2.75, 3.05) is 0 Å². The maximum Gasteiger partial charge on any atom is 0.101 e. The van der Waals surface area contributed by atoms with E-state index in [0.717, 1.165) is 12.8 Å². The van der Waals surface area contributed by atoms with Crippen molar-refractivity contribution in [3.8, 4) is 0 Å². The van der Waals surface area contributed by atoms with Gasteiger partial charge < -0.3 is 0 Å². The number of piperazine rings is 2. The molecular formula is C14H30N4. The summed E-state index contributed by atoms with van der Waals surface area (Å²) < 4.78 is 0. The van der Waals surface area contributed by atoms with Gasteiger partial charge in [-0.2, -0.15) is 0 Å². The predicted octanol–water partition coefficient (Wildman–Crippen LogP) is 1.14. The lowest BCUT2D eigenvalue weighted by molar-refractivity contribution is -0.0530. The second kappa shape index (κ2) is 4.75. The van der Waals surface area contributed by atoms with Crippen LogP contribution < -0.4 is 21.3 Å². The third-order valence-corrected chi connectivity index (χ3v) is 5.19. The fourth-order valence-electron chi connectivity index (χ4n) is 3.64. The van der Waals surface area contributed by atoms with E-state index in [1.807, 2.05) is 0 Å². The predicted molar refractivity (Wildman–Crippen MR) is 76.4 cm³/mol. The van der Waals surface area contributed by atoms with Gasteiger partial charge in [-0.05, 0) is 40.5 Å². The molecule has 0 radical (unpaired) electrons. The molecule has 2 heterocycles. The first-order chi connectivity index (χ1) is 8.39. The molecule has 0 bridgehead atoms. The van der Waals surface area contributed by atoms with Gasteiger partial charge in [-0.1, -0.05) is 13.8 Å². The maximum atomic E-state index is 3.84. The van der Waals surface area contributed by atoms with Crippen molar-refractivity contribution in [3.63, 3.8) is 0 Å². The average molecular weight is 254 g/mol. The summed E-state index contributed by atoms with van der Waals surface area (Å²) in [6, 6.07) is 1.89. The molecule has 4 heteroatoms. The van der Waals surface area contributed by atoms with E-state index in [0.29, 0.717) is 24.2 Å². The van der Waals surface area contributed by atoms with Crippen molar-refractivity contribution < 1.29 is 0 Å². The zero-order chi connectivity index (χ0) is 13.6. The highest BCUT2D eigenvalue weighted by atomic mass is 15.4.